The second kappa shape index (κ2) is 6.75. The van der Waals surface area contributed by atoms with Crippen molar-refractivity contribution in [2.24, 2.45) is 4.36 Å². The van der Waals surface area contributed by atoms with E-state index in [-0.39, 0.29) is 27.9 Å². The lowest BCUT2D eigenvalue weighted by Crippen LogP contribution is -2.22. The van der Waals surface area contributed by atoms with Gasteiger partial charge in [0.15, 0.2) is 5.78 Å². The van der Waals surface area contributed by atoms with E-state index in [4.69, 9.17) is 0 Å². The molecule has 0 spiro atoms. The van der Waals surface area contributed by atoms with Gasteiger partial charge in [0.25, 0.3) is 5.69 Å². The van der Waals surface area contributed by atoms with E-state index >= 15 is 0 Å². The van der Waals surface area contributed by atoms with Crippen LogP contribution in [-0.2, 0) is 9.73 Å². The minimum absolute atomic E-state index is 0.0102. The van der Waals surface area contributed by atoms with Crippen molar-refractivity contribution >= 4 is 32.7 Å². The zero-order chi connectivity index (χ0) is 20.8. The van der Waals surface area contributed by atoms with Gasteiger partial charge in [-0.15, -0.1) is 0 Å². The molecule has 0 amide bonds. The Morgan fingerprint density at radius 3 is 2.07 bits per heavy atom. The minimum atomic E-state index is -2.88. The largest absolute Gasteiger partial charge is 0.288 e. The third kappa shape index (κ3) is 3.03. The first kappa shape index (κ1) is 18.7. The predicted molar refractivity (Wildman–Crippen MR) is 107 cm³/mol. The Kier molecular flexibility index (Phi) is 4.35. The SMILES string of the molecule is CS(=O)(=Nc1cccc2c1C(=O)c1cccc([N+](=O)[O-])c1C2=O)c1ccccc1. The Bertz CT molecular complexity index is 1320. The maximum Gasteiger partial charge on any atom is 0.281 e. The number of benzene rings is 3. The molecule has 1 unspecified atom stereocenters. The average Bonchev–Trinajstić information content (AvgIpc) is 2.71. The van der Waals surface area contributed by atoms with Gasteiger partial charge in [-0.25, -0.2) is 4.21 Å². The van der Waals surface area contributed by atoms with Crippen LogP contribution in [0.25, 0.3) is 0 Å². The van der Waals surface area contributed by atoms with Crippen LogP contribution in [0.3, 0.4) is 0 Å². The van der Waals surface area contributed by atoms with Gasteiger partial charge in [0, 0.05) is 28.3 Å². The maximum atomic E-state index is 13.2. The van der Waals surface area contributed by atoms with Crippen molar-refractivity contribution in [1.29, 1.82) is 0 Å². The highest BCUT2D eigenvalue weighted by Gasteiger charge is 2.36. The van der Waals surface area contributed by atoms with Gasteiger partial charge in [-0.3, -0.25) is 19.7 Å². The molecule has 144 valence electrons. The Morgan fingerprint density at radius 1 is 0.828 bits per heavy atom. The summed E-state index contributed by atoms with van der Waals surface area (Å²) in [5.74, 6) is -1.18. The third-order valence-corrected chi connectivity index (χ3v) is 6.37. The first-order valence-electron chi connectivity index (χ1n) is 8.58. The number of nitro benzene ring substituents is 1. The summed E-state index contributed by atoms with van der Waals surface area (Å²) < 4.78 is 17.5. The number of hydrogen-bond acceptors (Lipinski definition) is 6. The molecule has 0 heterocycles. The number of carbonyl (C=O) groups is 2. The smallest absolute Gasteiger partial charge is 0.281 e. The van der Waals surface area contributed by atoms with Gasteiger partial charge < -0.3 is 0 Å². The molecule has 1 aliphatic rings. The van der Waals surface area contributed by atoms with Gasteiger partial charge in [-0.2, -0.15) is 4.36 Å². The first-order chi connectivity index (χ1) is 13.8. The van der Waals surface area contributed by atoms with Crippen molar-refractivity contribution in [3.63, 3.8) is 0 Å². The summed E-state index contributed by atoms with van der Waals surface area (Å²) in [5, 5.41) is 11.3. The van der Waals surface area contributed by atoms with E-state index < -0.39 is 31.9 Å². The number of fused-ring (bicyclic) bond motifs is 2. The highest BCUT2D eigenvalue weighted by atomic mass is 32.2. The molecule has 1 aliphatic carbocycles. The van der Waals surface area contributed by atoms with E-state index in [0.717, 1.165) is 0 Å². The summed E-state index contributed by atoms with van der Waals surface area (Å²) in [6.07, 6.45) is 1.45. The molecule has 0 bridgehead atoms. The van der Waals surface area contributed by atoms with E-state index in [1.165, 1.54) is 42.7 Å². The van der Waals surface area contributed by atoms with E-state index in [9.17, 15) is 23.9 Å². The number of rotatable bonds is 3. The zero-order valence-electron chi connectivity index (χ0n) is 15.2. The first-order valence-corrected chi connectivity index (χ1v) is 10.5. The van der Waals surface area contributed by atoms with Crippen molar-refractivity contribution in [1.82, 2.24) is 0 Å². The summed E-state index contributed by atoms with van der Waals surface area (Å²) >= 11 is 0. The molecule has 3 aromatic carbocycles. The van der Waals surface area contributed by atoms with Crippen molar-refractivity contribution in [2.75, 3.05) is 6.26 Å². The second-order valence-electron chi connectivity index (χ2n) is 6.52. The van der Waals surface area contributed by atoms with Crippen LogP contribution in [0.2, 0.25) is 0 Å². The molecular weight excluding hydrogens is 392 g/mol. The Balaban J connectivity index is 1.96. The molecule has 0 aliphatic heterocycles. The van der Waals surface area contributed by atoms with Crippen LogP contribution in [0.1, 0.15) is 31.8 Å². The van der Waals surface area contributed by atoms with E-state index in [1.807, 2.05) is 0 Å². The van der Waals surface area contributed by atoms with Gasteiger partial charge >= 0.3 is 0 Å². The monoisotopic (exact) mass is 406 g/mol. The van der Waals surface area contributed by atoms with Crippen molar-refractivity contribution in [2.45, 2.75) is 4.90 Å². The molecule has 1 atom stereocenters. The van der Waals surface area contributed by atoms with Gasteiger partial charge in [-0.05, 0) is 24.3 Å². The molecule has 0 fully saturated rings. The Hall–Kier alpha value is -3.65. The minimum Gasteiger partial charge on any atom is -0.288 e. The van der Waals surface area contributed by atoms with Crippen molar-refractivity contribution < 1.29 is 18.7 Å². The van der Waals surface area contributed by atoms with Crippen LogP contribution >= 0.6 is 0 Å². The molecule has 0 aromatic heterocycles. The number of hydrogen-bond donors (Lipinski definition) is 0. The normalized spacial score (nSPS) is 14.5. The summed E-state index contributed by atoms with van der Waals surface area (Å²) in [7, 11) is -2.88. The topological polar surface area (TPSA) is 107 Å². The summed E-state index contributed by atoms with van der Waals surface area (Å²) in [5.41, 5.74) is -0.557. The van der Waals surface area contributed by atoms with E-state index in [1.54, 1.807) is 30.3 Å². The van der Waals surface area contributed by atoms with Crippen LogP contribution < -0.4 is 0 Å². The van der Waals surface area contributed by atoms with E-state index in [2.05, 4.69) is 4.36 Å². The van der Waals surface area contributed by atoms with Crippen LogP contribution in [0.4, 0.5) is 11.4 Å². The summed E-state index contributed by atoms with van der Waals surface area (Å²) in [6, 6.07) is 17.0. The molecule has 0 N–H and O–H groups in total. The van der Waals surface area contributed by atoms with Gasteiger partial charge in [0.05, 0.1) is 25.9 Å². The van der Waals surface area contributed by atoms with Crippen LogP contribution in [0, 0.1) is 10.1 Å². The fourth-order valence-electron chi connectivity index (χ4n) is 3.35. The quantitative estimate of drug-likeness (QED) is 0.375. The standard InChI is InChI=1S/C21H14N2O5S/c1-29(28,13-7-3-2-4-8-13)22-16-11-5-9-14-18(16)20(24)15-10-6-12-17(23(26)27)19(15)21(14)25/h2-12H,1H3. The summed E-state index contributed by atoms with van der Waals surface area (Å²) in [4.78, 5) is 37.3. The molecule has 7 nitrogen and oxygen atoms in total. The van der Waals surface area contributed by atoms with E-state index in [0.29, 0.717) is 4.90 Å². The maximum absolute atomic E-state index is 13.2. The Labute approximate surface area is 166 Å². The average molecular weight is 406 g/mol. The molecule has 29 heavy (non-hydrogen) atoms. The number of carbonyl (C=O) groups excluding carboxylic acids is 2. The van der Waals surface area contributed by atoms with Gasteiger partial charge in [0.2, 0.25) is 5.78 Å². The van der Waals surface area contributed by atoms with Gasteiger partial charge in [-0.1, -0.05) is 36.4 Å². The van der Waals surface area contributed by atoms with Crippen LogP contribution in [-0.4, -0.2) is 27.0 Å². The van der Waals surface area contributed by atoms with Crippen molar-refractivity contribution in [3.8, 4) is 0 Å². The lowest BCUT2D eigenvalue weighted by atomic mass is 9.82. The molecule has 0 saturated heterocycles. The molecular formula is C21H14N2O5S. The zero-order valence-corrected chi connectivity index (χ0v) is 16.0. The second-order valence-corrected chi connectivity index (χ2v) is 8.78. The molecule has 8 heteroatoms. The highest BCUT2D eigenvalue weighted by Crippen LogP contribution is 2.37. The number of nitro groups is 1. The summed E-state index contributed by atoms with van der Waals surface area (Å²) in [6.45, 7) is 0. The van der Waals surface area contributed by atoms with Gasteiger partial charge in [0.1, 0.15) is 5.56 Å². The number of ketones is 2. The molecule has 0 saturated carbocycles. The number of nitrogens with zero attached hydrogens (tertiary/aromatic N) is 2. The Morgan fingerprint density at radius 2 is 1.41 bits per heavy atom. The molecule has 0 radical (unpaired) electrons. The van der Waals surface area contributed by atoms with Crippen LogP contribution in [0.15, 0.2) is 76.0 Å². The fraction of sp³-hybridized carbons (Fsp3) is 0.0476. The highest BCUT2D eigenvalue weighted by molar-refractivity contribution is 7.93. The molecule has 3 aromatic rings. The third-order valence-electron chi connectivity index (χ3n) is 4.68. The van der Waals surface area contributed by atoms with Crippen LogP contribution in [0.5, 0.6) is 0 Å². The fourth-order valence-corrected chi connectivity index (χ4v) is 4.64. The van der Waals surface area contributed by atoms with Crippen molar-refractivity contribution in [3.05, 3.63) is 99.1 Å². The predicted octanol–water partition coefficient (Wildman–Crippen LogP) is 4.16. The lowest BCUT2D eigenvalue weighted by molar-refractivity contribution is -0.385. The lowest BCUT2D eigenvalue weighted by Gasteiger charge is -2.19. The molecule has 4 rings (SSSR count).